The minimum atomic E-state index is -1.05. The molecule has 0 spiro atoms. The smallest absolute Gasteiger partial charge is 0.159 e. The van der Waals surface area contributed by atoms with Gasteiger partial charge in [0.25, 0.3) is 0 Å². The zero-order valence-corrected chi connectivity index (χ0v) is 5.34. The molecule has 0 rings (SSSR count). The number of hydrogen-bond acceptors (Lipinski definition) is 0. The second-order valence-corrected chi connectivity index (χ2v) is 1.91. The Morgan fingerprint density at radius 2 is 2.50 bits per heavy atom. The molecule has 0 aliphatic carbocycles. The summed E-state index contributed by atoms with van der Waals surface area (Å²) in [5, 5.41) is -1.05. The van der Waals surface area contributed by atoms with E-state index in [0.717, 1.165) is 0 Å². The molecule has 0 aromatic carbocycles. The van der Waals surface area contributed by atoms with Gasteiger partial charge in [0.1, 0.15) is 0 Å². The molecule has 0 nitrogen and oxygen atoms in total. The lowest BCUT2D eigenvalue weighted by Gasteiger charge is -1.87. The molecule has 0 aliphatic rings. The van der Waals surface area contributed by atoms with Gasteiger partial charge in [-0.05, 0) is 0 Å². The summed E-state index contributed by atoms with van der Waals surface area (Å²) in [5.41, 5.74) is 0. The molecule has 0 heterocycles. The van der Waals surface area contributed by atoms with Crippen molar-refractivity contribution in [3.05, 3.63) is 6.42 Å². The Morgan fingerprint density at radius 1 is 2.00 bits per heavy atom. The zero-order chi connectivity index (χ0) is 4.99. The highest BCUT2D eigenvalue weighted by molar-refractivity contribution is 9.09. The third-order valence-corrected chi connectivity index (χ3v) is 0.819. The van der Waals surface area contributed by atoms with E-state index in [9.17, 15) is 4.39 Å². The van der Waals surface area contributed by atoms with Crippen molar-refractivity contribution in [3.63, 3.8) is 0 Å². The van der Waals surface area contributed by atoms with Gasteiger partial charge in [-0.1, -0.05) is 15.9 Å². The van der Waals surface area contributed by atoms with Gasteiger partial charge in [0.05, 0.1) is 0 Å². The third kappa shape index (κ3) is 4.70. The van der Waals surface area contributed by atoms with Crippen molar-refractivity contribution in [2.75, 3.05) is 5.88 Å². The predicted octanol–water partition coefficient (Wildman–Crippen LogP) is 2.12. The van der Waals surface area contributed by atoms with Gasteiger partial charge in [0.15, 0.2) is 5.08 Å². The predicted molar refractivity (Wildman–Crippen MR) is 28.8 cm³/mol. The molecule has 0 bridgehead atoms. The Bertz CT molecular complexity index is 32.0. The molecule has 1 unspecified atom stereocenters. The van der Waals surface area contributed by atoms with Crippen LogP contribution in [-0.4, -0.2) is 11.0 Å². The molecule has 37 valence electrons. The van der Waals surface area contributed by atoms with Gasteiger partial charge in [-0.2, -0.15) is 0 Å². The van der Waals surface area contributed by atoms with Crippen molar-refractivity contribution in [2.45, 2.75) is 5.08 Å². The Balaban J connectivity index is 2.63. The Hall–Kier alpha value is 0.700. The Kier molecular flexibility index (Phi) is 4.33. The van der Waals surface area contributed by atoms with Crippen LogP contribution in [0.15, 0.2) is 0 Å². The monoisotopic (exact) mass is 173 g/mol. The van der Waals surface area contributed by atoms with Gasteiger partial charge < -0.3 is 0 Å². The molecule has 0 fully saturated rings. The van der Waals surface area contributed by atoms with Crippen molar-refractivity contribution in [2.24, 2.45) is 0 Å². The summed E-state index contributed by atoms with van der Waals surface area (Å²) in [6.45, 7) is 0. The van der Waals surface area contributed by atoms with Crippen LogP contribution < -0.4 is 0 Å². The first-order chi connectivity index (χ1) is 2.77. The van der Waals surface area contributed by atoms with Crippen LogP contribution in [0.25, 0.3) is 0 Å². The highest BCUT2D eigenvalue weighted by atomic mass is 79.9. The molecule has 0 N–H and O–H groups in total. The lowest BCUT2D eigenvalue weighted by molar-refractivity contribution is 0.507. The second kappa shape index (κ2) is 3.88. The fraction of sp³-hybridized carbons (Fsp3) is 0.667. The van der Waals surface area contributed by atoms with Gasteiger partial charge in [-0.3, -0.25) is 0 Å². The first-order valence-corrected chi connectivity index (χ1v) is 2.90. The van der Waals surface area contributed by atoms with Crippen molar-refractivity contribution >= 4 is 27.5 Å². The van der Waals surface area contributed by atoms with E-state index in [2.05, 4.69) is 15.9 Å². The topological polar surface area (TPSA) is 0 Å². The summed E-state index contributed by atoms with van der Waals surface area (Å²) in [6, 6.07) is 0. The summed E-state index contributed by atoms with van der Waals surface area (Å²) in [6.07, 6.45) is 1.31. The molecule has 6 heavy (non-hydrogen) atoms. The van der Waals surface area contributed by atoms with E-state index in [1.54, 1.807) is 0 Å². The summed E-state index contributed by atoms with van der Waals surface area (Å²) < 4.78 is 11.5. The van der Waals surface area contributed by atoms with Gasteiger partial charge in [0, 0.05) is 12.3 Å². The van der Waals surface area contributed by atoms with Crippen molar-refractivity contribution in [3.8, 4) is 0 Å². The van der Waals surface area contributed by atoms with E-state index in [0.29, 0.717) is 0 Å². The van der Waals surface area contributed by atoms with Crippen LogP contribution in [0.1, 0.15) is 0 Å². The fourth-order valence-electron chi connectivity index (χ4n) is 0.0673. The first-order valence-electron chi connectivity index (χ1n) is 1.45. The van der Waals surface area contributed by atoms with E-state index in [1.165, 1.54) is 6.42 Å². The molecule has 0 aromatic rings. The van der Waals surface area contributed by atoms with E-state index < -0.39 is 5.08 Å². The Labute approximate surface area is 49.8 Å². The molecule has 3 heteroatoms. The molecule has 0 saturated heterocycles. The lowest BCUT2D eigenvalue weighted by atomic mass is 10.6. The Morgan fingerprint density at radius 3 is 2.50 bits per heavy atom. The standard InChI is InChI=1S/C3H4BrClF/c4-3(6)1-2-5/h1,3H,2H2. The maximum absolute atomic E-state index is 11.5. The first kappa shape index (κ1) is 6.70. The van der Waals surface area contributed by atoms with Crippen LogP contribution in [-0.2, 0) is 0 Å². The summed E-state index contributed by atoms with van der Waals surface area (Å²) in [5.74, 6) is 0.256. The van der Waals surface area contributed by atoms with Crippen molar-refractivity contribution < 1.29 is 4.39 Å². The van der Waals surface area contributed by atoms with Gasteiger partial charge in [-0.25, -0.2) is 4.39 Å². The number of halogens is 3. The summed E-state index contributed by atoms with van der Waals surface area (Å²) in [4.78, 5) is 0. The molecule has 1 atom stereocenters. The van der Waals surface area contributed by atoms with Gasteiger partial charge >= 0.3 is 0 Å². The highest BCUT2D eigenvalue weighted by Gasteiger charge is 1.94. The van der Waals surface area contributed by atoms with Crippen molar-refractivity contribution in [1.82, 2.24) is 0 Å². The number of hydrogen-bond donors (Lipinski definition) is 0. The second-order valence-electron chi connectivity index (χ2n) is 0.724. The van der Waals surface area contributed by atoms with Gasteiger partial charge in [0.2, 0.25) is 0 Å². The van der Waals surface area contributed by atoms with E-state index in [-0.39, 0.29) is 5.88 Å². The molecular weight excluding hydrogens is 170 g/mol. The van der Waals surface area contributed by atoms with Crippen LogP contribution >= 0.6 is 27.5 Å². The normalized spacial score (nSPS) is 14.5. The van der Waals surface area contributed by atoms with Crippen LogP contribution in [0, 0.1) is 6.42 Å². The summed E-state index contributed by atoms with van der Waals surface area (Å²) >= 11 is 7.70. The number of rotatable bonds is 2. The lowest BCUT2D eigenvalue weighted by Crippen LogP contribution is -1.87. The van der Waals surface area contributed by atoms with Crippen LogP contribution in [0.5, 0.6) is 0 Å². The maximum Gasteiger partial charge on any atom is 0.159 e. The van der Waals surface area contributed by atoms with E-state index >= 15 is 0 Å². The largest absolute Gasteiger partial charge is 0.235 e. The fourth-order valence-corrected chi connectivity index (χ4v) is 0.626. The van der Waals surface area contributed by atoms with Crippen molar-refractivity contribution in [1.29, 1.82) is 0 Å². The number of alkyl halides is 3. The maximum atomic E-state index is 11.5. The average molecular weight is 174 g/mol. The third-order valence-electron chi connectivity index (χ3n) is 0.267. The summed E-state index contributed by atoms with van der Waals surface area (Å²) in [7, 11) is 0. The molecule has 0 amide bonds. The average Bonchev–Trinajstić information content (AvgIpc) is 1.35. The van der Waals surface area contributed by atoms with E-state index in [1.807, 2.05) is 0 Å². The molecule has 0 saturated carbocycles. The SMILES string of the molecule is FC(Br)[CH]CCl. The molecule has 1 radical (unpaired) electrons. The van der Waals surface area contributed by atoms with Crippen LogP contribution in [0.4, 0.5) is 4.39 Å². The highest BCUT2D eigenvalue weighted by Crippen LogP contribution is 2.04. The zero-order valence-electron chi connectivity index (χ0n) is 3.00. The molecule has 0 aromatic heterocycles. The van der Waals surface area contributed by atoms with E-state index in [4.69, 9.17) is 11.6 Å². The quantitative estimate of drug-likeness (QED) is 0.563. The van der Waals surface area contributed by atoms with Gasteiger partial charge in [-0.15, -0.1) is 11.6 Å². The minimum absolute atomic E-state index is 0.256. The van der Waals surface area contributed by atoms with Crippen LogP contribution in [0.3, 0.4) is 0 Å². The van der Waals surface area contributed by atoms with Crippen LogP contribution in [0.2, 0.25) is 0 Å². The molecular formula is C3H4BrClF. The minimum Gasteiger partial charge on any atom is -0.235 e. The molecule has 0 aliphatic heterocycles.